The normalized spacial score (nSPS) is 11.2. The molecule has 7 heteroatoms. The molecule has 2 heterocycles. The van der Waals surface area contributed by atoms with E-state index in [1.54, 1.807) is 16.6 Å². The number of rotatable bonds is 1. The Labute approximate surface area is 106 Å². The zero-order valence-electron chi connectivity index (χ0n) is 8.88. The standard InChI is InChI=1S/C10H8ClN5S/c1-5-13-14-10-16(5)15-9(17-10)8-6(11)3-2-4-7(8)12/h2-4H,12H2,1H3. The van der Waals surface area contributed by atoms with Crippen LogP contribution in [0.5, 0.6) is 0 Å². The molecule has 0 bridgehead atoms. The van der Waals surface area contributed by atoms with E-state index in [0.29, 0.717) is 10.7 Å². The second kappa shape index (κ2) is 3.68. The Bertz CT molecular complexity index is 682. The molecule has 0 unspecified atom stereocenters. The van der Waals surface area contributed by atoms with E-state index in [9.17, 15) is 0 Å². The van der Waals surface area contributed by atoms with E-state index in [0.717, 1.165) is 21.4 Å². The summed E-state index contributed by atoms with van der Waals surface area (Å²) in [5.41, 5.74) is 7.28. The Balaban J connectivity index is 2.27. The lowest BCUT2D eigenvalue weighted by atomic mass is 10.2. The first-order valence-electron chi connectivity index (χ1n) is 4.90. The first-order chi connectivity index (χ1) is 8.16. The second-order valence-electron chi connectivity index (χ2n) is 3.55. The molecule has 0 fully saturated rings. The van der Waals surface area contributed by atoms with Crippen molar-refractivity contribution in [3.63, 3.8) is 0 Å². The third-order valence-corrected chi connectivity index (χ3v) is 3.64. The van der Waals surface area contributed by atoms with Crippen LogP contribution in [0.25, 0.3) is 15.5 Å². The van der Waals surface area contributed by atoms with Gasteiger partial charge in [0.1, 0.15) is 0 Å². The molecule has 0 amide bonds. The van der Waals surface area contributed by atoms with Crippen molar-refractivity contribution >= 4 is 33.6 Å². The van der Waals surface area contributed by atoms with Gasteiger partial charge in [0.15, 0.2) is 10.8 Å². The highest BCUT2D eigenvalue weighted by molar-refractivity contribution is 7.20. The molecule has 2 aromatic heterocycles. The molecule has 0 spiro atoms. The van der Waals surface area contributed by atoms with E-state index < -0.39 is 0 Å². The summed E-state index contributed by atoms with van der Waals surface area (Å²) in [5, 5.41) is 13.7. The highest BCUT2D eigenvalue weighted by Gasteiger charge is 2.15. The second-order valence-corrected chi connectivity index (χ2v) is 4.92. The van der Waals surface area contributed by atoms with E-state index in [-0.39, 0.29) is 0 Å². The Kier molecular flexibility index (Phi) is 2.27. The number of aromatic nitrogens is 4. The summed E-state index contributed by atoms with van der Waals surface area (Å²) in [5.74, 6) is 0.744. The Morgan fingerprint density at radius 3 is 2.88 bits per heavy atom. The van der Waals surface area contributed by atoms with E-state index in [4.69, 9.17) is 17.3 Å². The summed E-state index contributed by atoms with van der Waals surface area (Å²) in [7, 11) is 0. The molecule has 0 aliphatic rings. The van der Waals surface area contributed by atoms with Crippen LogP contribution in [-0.2, 0) is 0 Å². The number of fused-ring (bicyclic) bond motifs is 1. The molecule has 17 heavy (non-hydrogen) atoms. The molecular weight excluding hydrogens is 258 g/mol. The van der Waals surface area contributed by atoms with Gasteiger partial charge >= 0.3 is 0 Å². The fraction of sp³-hybridized carbons (Fsp3) is 0.100. The number of nitrogens with two attached hydrogens (primary N) is 1. The van der Waals surface area contributed by atoms with Crippen LogP contribution < -0.4 is 5.73 Å². The average molecular weight is 266 g/mol. The molecule has 3 aromatic rings. The fourth-order valence-electron chi connectivity index (χ4n) is 1.58. The molecule has 1 aromatic carbocycles. The van der Waals surface area contributed by atoms with Gasteiger partial charge in [0, 0.05) is 5.69 Å². The van der Waals surface area contributed by atoms with Crippen LogP contribution in [0.4, 0.5) is 5.69 Å². The molecule has 0 aliphatic heterocycles. The minimum Gasteiger partial charge on any atom is -0.398 e. The number of nitrogen functional groups attached to an aromatic ring is 1. The van der Waals surface area contributed by atoms with Crippen molar-refractivity contribution in [2.75, 3.05) is 5.73 Å². The summed E-state index contributed by atoms with van der Waals surface area (Å²) < 4.78 is 1.68. The van der Waals surface area contributed by atoms with Gasteiger partial charge in [-0.3, -0.25) is 0 Å². The van der Waals surface area contributed by atoms with Crippen molar-refractivity contribution < 1.29 is 0 Å². The molecule has 0 atom stereocenters. The van der Waals surface area contributed by atoms with Crippen molar-refractivity contribution in [3.8, 4) is 10.6 Å². The SMILES string of the molecule is Cc1nnc2sc(-c3c(N)cccc3Cl)nn12. The van der Waals surface area contributed by atoms with E-state index in [1.807, 2.05) is 13.0 Å². The van der Waals surface area contributed by atoms with Crippen LogP contribution >= 0.6 is 22.9 Å². The predicted octanol–water partition coefficient (Wildman–Crippen LogP) is 2.40. The third kappa shape index (κ3) is 1.57. The molecule has 0 saturated heterocycles. The van der Waals surface area contributed by atoms with Gasteiger partial charge in [-0.25, -0.2) is 0 Å². The highest BCUT2D eigenvalue weighted by Crippen LogP contribution is 2.35. The summed E-state index contributed by atoms with van der Waals surface area (Å²) in [4.78, 5) is 0.733. The Morgan fingerprint density at radius 1 is 1.35 bits per heavy atom. The number of hydrogen-bond acceptors (Lipinski definition) is 5. The van der Waals surface area contributed by atoms with Crippen LogP contribution in [0.1, 0.15) is 5.82 Å². The van der Waals surface area contributed by atoms with Gasteiger partial charge in [0.05, 0.1) is 10.6 Å². The van der Waals surface area contributed by atoms with Gasteiger partial charge < -0.3 is 5.73 Å². The highest BCUT2D eigenvalue weighted by atomic mass is 35.5. The van der Waals surface area contributed by atoms with Crippen LogP contribution in [0, 0.1) is 6.92 Å². The third-order valence-electron chi connectivity index (χ3n) is 2.41. The van der Waals surface area contributed by atoms with Gasteiger partial charge in [-0.2, -0.15) is 9.61 Å². The summed E-state index contributed by atoms with van der Waals surface area (Å²) in [6.45, 7) is 1.85. The lowest BCUT2D eigenvalue weighted by Crippen LogP contribution is -1.93. The first-order valence-corrected chi connectivity index (χ1v) is 6.09. The van der Waals surface area contributed by atoms with Crippen LogP contribution in [0.15, 0.2) is 18.2 Å². The molecule has 5 nitrogen and oxygen atoms in total. The van der Waals surface area contributed by atoms with Crippen molar-refractivity contribution in [2.24, 2.45) is 0 Å². The van der Waals surface area contributed by atoms with Gasteiger partial charge in [-0.15, -0.1) is 10.2 Å². The number of benzene rings is 1. The van der Waals surface area contributed by atoms with E-state index in [2.05, 4.69) is 15.3 Å². The van der Waals surface area contributed by atoms with Gasteiger partial charge in [0.25, 0.3) is 0 Å². The Morgan fingerprint density at radius 2 is 2.18 bits per heavy atom. The topological polar surface area (TPSA) is 69.1 Å². The quantitative estimate of drug-likeness (QED) is 0.686. The maximum atomic E-state index is 6.14. The number of anilines is 1. The summed E-state index contributed by atoms with van der Waals surface area (Å²) in [6, 6.07) is 5.41. The maximum Gasteiger partial charge on any atom is 0.234 e. The average Bonchev–Trinajstić information content (AvgIpc) is 2.82. The zero-order valence-corrected chi connectivity index (χ0v) is 10.5. The first kappa shape index (κ1) is 10.5. The minimum absolute atomic E-state index is 0.590. The minimum atomic E-state index is 0.590. The molecule has 86 valence electrons. The Hall–Kier alpha value is -1.66. The molecule has 0 radical (unpaired) electrons. The van der Waals surface area contributed by atoms with E-state index >= 15 is 0 Å². The summed E-state index contributed by atoms with van der Waals surface area (Å²) in [6.07, 6.45) is 0. The van der Waals surface area contributed by atoms with Crippen LogP contribution in [-0.4, -0.2) is 19.8 Å². The van der Waals surface area contributed by atoms with Gasteiger partial charge in [-0.1, -0.05) is 29.0 Å². The van der Waals surface area contributed by atoms with Crippen molar-refractivity contribution in [1.82, 2.24) is 19.8 Å². The summed E-state index contributed by atoms with van der Waals surface area (Å²) >= 11 is 7.55. The number of hydrogen-bond donors (Lipinski definition) is 1. The van der Waals surface area contributed by atoms with Gasteiger partial charge in [-0.05, 0) is 19.1 Å². The van der Waals surface area contributed by atoms with Crippen molar-refractivity contribution in [1.29, 1.82) is 0 Å². The lowest BCUT2D eigenvalue weighted by molar-refractivity contribution is 0.898. The van der Waals surface area contributed by atoms with E-state index in [1.165, 1.54) is 11.3 Å². The molecule has 3 rings (SSSR count). The fourth-order valence-corrected chi connectivity index (χ4v) is 2.88. The van der Waals surface area contributed by atoms with Gasteiger partial charge in [0.2, 0.25) is 4.96 Å². The number of halogens is 1. The number of nitrogens with zero attached hydrogens (tertiary/aromatic N) is 4. The zero-order chi connectivity index (χ0) is 12.0. The monoisotopic (exact) mass is 265 g/mol. The maximum absolute atomic E-state index is 6.14. The molecule has 0 aliphatic carbocycles. The largest absolute Gasteiger partial charge is 0.398 e. The number of aryl methyl sites for hydroxylation is 1. The predicted molar refractivity (Wildman–Crippen MR) is 68.3 cm³/mol. The van der Waals surface area contributed by atoms with Crippen LogP contribution in [0.3, 0.4) is 0 Å². The van der Waals surface area contributed by atoms with Crippen molar-refractivity contribution in [3.05, 3.63) is 29.0 Å². The smallest absolute Gasteiger partial charge is 0.234 e. The molecule has 2 N–H and O–H groups in total. The van der Waals surface area contributed by atoms with Crippen molar-refractivity contribution in [2.45, 2.75) is 6.92 Å². The lowest BCUT2D eigenvalue weighted by Gasteiger charge is -2.03. The molecular formula is C10H8ClN5S. The molecule has 0 saturated carbocycles. The van der Waals surface area contributed by atoms with Crippen LogP contribution in [0.2, 0.25) is 5.02 Å².